The van der Waals surface area contributed by atoms with Gasteiger partial charge in [-0.1, -0.05) is 18.2 Å². The molecule has 1 aliphatic heterocycles. The second kappa shape index (κ2) is 4.64. The lowest BCUT2D eigenvalue weighted by Gasteiger charge is -2.36. The van der Waals surface area contributed by atoms with Crippen LogP contribution < -0.4 is 4.90 Å². The van der Waals surface area contributed by atoms with Crippen LogP contribution in [0.1, 0.15) is 6.42 Å². The van der Waals surface area contributed by atoms with Gasteiger partial charge < -0.3 is 14.7 Å². The Labute approximate surface area is 90.3 Å². The highest BCUT2D eigenvalue weighted by Gasteiger charge is 2.27. The Hall–Kier alpha value is -1.06. The van der Waals surface area contributed by atoms with Crippen molar-refractivity contribution in [2.75, 3.05) is 25.2 Å². The molecule has 2 rings (SSSR count). The van der Waals surface area contributed by atoms with E-state index in [1.165, 1.54) is 0 Å². The molecule has 0 bridgehead atoms. The number of para-hydroxylation sites is 1. The minimum Gasteiger partial charge on any atom is -0.389 e. The van der Waals surface area contributed by atoms with Crippen LogP contribution >= 0.6 is 0 Å². The van der Waals surface area contributed by atoms with Crippen LogP contribution in [0.5, 0.6) is 0 Å². The number of ether oxygens (including phenoxy) is 1. The lowest BCUT2D eigenvalue weighted by atomic mass is 10.0. The van der Waals surface area contributed by atoms with Gasteiger partial charge >= 0.3 is 0 Å². The van der Waals surface area contributed by atoms with Gasteiger partial charge in [-0.25, -0.2) is 0 Å². The molecule has 0 aliphatic carbocycles. The van der Waals surface area contributed by atoms with Crippen molar-refractivity contribution in [3.63, 3.8) is 0 Å². The van der Waals surface area contributed by atoms with Crippen molar-refractivity contribution >= 4 is 5.69 Å². The van der Waals surface area contributed by atoms with Crippen molar-refractivity contribution < 1.29 is 9.84 Å². The van der Waals surface area contributed by atoms with Gasteiger partial charge in [0.05, 0.1) is 18.8 Å². The Balaban J connectivity index is 2.09. The van der Waals surface area contributed by atoms with E-state index in [1.807, 2.05) is 25.2 Å². The lowest BCUT2D eigenvalue weighted by Crippen LogP contribution is -2.47. The Morgan fingerprint density at radius 1 is 1.33 bits per heavy atom. The molecule has 3 heteroatoms. The Kier molecular flexibility index (Phi) is 3.23. The largest absolute Gasteiger partial charge is 0.389 e. The van der Waals surface area contributed by atoms with E-state index in [-0.39, 0.29) is 12.1 Å². The lowest BCUT2D eigenvalue weighted by molar-refractivity contribution is -0.0192. The fraction of sp³-hybridized carbons (Fsp3) is 0.500. The van der Waals surface area contributed by atoms with Gasteiger partial charge in [-0.05, 0) is 18.6 Å². The summed E-state index contributed by atoms with van der Waals surface area (Å²) in [6.45, 7) is 1.18. The van der Waals surface area contributed by atoms with E-state index in [2.05, 4.69) is 17.0 Å². The monoisotopic (exact) mass is 207 g/mol. The first-order valence-corrected chi connectivity index (χ1v) is 5.33. The summed E-state index contributed by atoms with van der Waals surface area (Å²) < 4.78 is 5.22. The SMILES string of the molecule is CN(c1ccccc1)C1CCOCC1O. The van der Waals surface area contributed by atoms with Crippen LogP contribution in [0.4, 0.5) is 5.69 Å². The molecule has 1 heterocycles. The molecule has 0 spiro atoms. The van der Waals surface area contributed by atoms with Gasteiger partial charge in [0, 0.05) is 19.3 Å². The summed E-state index contributed by atoms with van der Waals surface area (Å²) in [4.78, 5) is 2.13. The highest BCUT2D eigenvalue weighted by atomic mass is 16.5. The fourth-order valence-electron chi connectivity index (χ4n) is 2.02. The quantitative estimate of drug-likeness (QED) is 0.792. The molecule has 0 amide bonds. The molecular formula is C12H17NO2. The number of hydrogen-bond donors (Lipinski definition) is 1. The second-order valence-corrected chi connectivity index (χ2v) is 3.94. The third-order valence-corrected chi connectivity index (χ3v) is 2.95. The zero-order chi connectivity index (χ0) is 10.7. The molecule has 82 valence electrons. The first kappa shape index (κ1) is 10.5. The summed E-state index contributed by atoms with van der Waals surface area (Å²) in [5, 5.41) is 9.83. The number of rotatable bonds is 2. The zero-order valence-electron chi connectivity index (χ0n) is 8.97. The molecule has 1 N–H and O–H groups in total. The third kappa shape index (κ3) is 2.30. The van der Waals surface area contributed by atoms with E-state index in [9.17, 15) is 5.11 Å². The van der Waals surface area contributed by atoms with Crippen molar-refractivity contribution in [2.24, 2.45) is 0 Å². The smallest absolute Gasteiger partial charge is 0.0976 e. The predicted octanol–water partition coefficient (Wildman–Crippen LogP) is 1.27. The van der Waals surface area contributed by atoms with Crippen LogP contribution in [0.25, 0.3) is 0 Å². The molecule has 1 aromatic carbocycles. The zero-order valence-corrected chi connectivity index (χ0v) is 8.97. The van der Waals surface area contributed by atoms with E-state index < -0.39 is 0 Å². The number of hydrogen-bond acceptors (Lipinski definition) is 3. The van der Waals surface area contributed by atoms with Gasteiger partial charge in [0.25, 0.3) is 0 Å². The van der Waals surface area contributed by atoms with E-state index in [1.54, 1.807) is 0 Å². The van der Waals surface area contributed by atoms with E-state index >= 15 is 0 Å². The van der Waals surface area contributed by atoms with Crippen LogP contribution in [0.15, 0.2) is 30.3 Å². The second-order valence-electron chi connectivity index (χ2n) is 3.94. The van der Waals surface area contributed by atoms with Crippen LogP contribution in [0.2, 0.25) is 0 Å². The normalized spacial score (nSPS) is 26.3. The minimum atomic E-state index is -0.385. The Morgan fingerprint density at radius 2 is 2.07 bits per heavy atom. The van der Waals surface area contributed by atoms with Gasteiger partial charge in [-0.15, -0.1) is 0 Å². The molecule has 1 saturated heterocycles. The van der Waals surface area contributed by atoms with Gasteiger partial charge in [0.15, 0.2) is 0 Å². The van der Waals surface area contributed by atoms with Crippen molar-refractivity contribution in [3.8, 4) is 0 Å². The van der Waals surface area contributed by atoms with E-state index in [0.717, 1.165) is 18.7 Å². The summed E-state index contributed by atoms with van der Waals surface area (Å²) >= 11 is 0. The third-order valence-electron chi connectivity index (χ3n) is 2.95. The summed E-state index contributed by atoms with van der Waals surface area (Å²) in [5.41, 5.74) is 1.14. The van der Waals surface area contributed by atoms with Crippen molar-refractivity contribution in [2.45, 2.75) is 18.6 Å². The number of benzene rings is 1. The minimum absolute atomic E-state index is 0.168. The van der Waals surface area contributed by atoms with E-state index in [4.69, 9.17) is 4.74 Å². The van der Waals surface area contributed by atoms with Gasteiger partial charge in [-0.2, -0.15) is 0 Å². The van der Waals surface area contributed by atoms with Gasteiger partial charge in [0.2, 0.25) is 0 Å². The van der Waals surface area contributed by atoms with Crippen LogP contribution in [-0.2, 0) is 4.74 Å². The maximum Gasteiger partial charge on any atom is 0.0976 e. The predicted molar refractivity (Wildman–Crippen MR) is 60.1 cm³/mol. The number of anilines is 1. The van der Waals surface area contributed by atoms with Crippen molar-refractivity contribution in [1.29, 1.82) is 0 Å². The standard InChI is InChI=1S/C12H17NO2/c1-13(10-5-3-2-4-6-10)11-7-8-15-9-12(11)14/h2-6,11-12,14H,7-9H2,1H3. The molecule has 2 atom stereocenters. The first-order valence-electron chi connectivity index (χ1n) is 5.33. The average Bonchev–Trinajstić information content (AvgIpc) is 2.30. The molecule has 1 aliphatic rings. The highest BCUT2D eigenvalue weighted by Crippen LogP contribution is 2.20. The average molecular weight is 207 g/mol. The molecule has 15 heavy (non-hydrogen) atoms. The first-order chi connectivity index (χ1) is 7.29. The molecular weight excluding hydrogens is 190 g/mol. The highest BCUT2D eigenvalue weighted by molar-refractivity contribution is 5.46. The molecule has 0 radical (unpaired) electrons. The molecule has 0 saturated carbocycles. The van der Waals surface area contributed by atoms with Crippen molar-refractivity contribution in [1.82, 2.24) is 0 Å². The topological polar surface area (TPSA) is 32.7 Å². The Morgan fingerprint density at radius 3 is 2.73 bits per heavy atom. The number of aliphatic hydroxyl groups excluding tert-OH is 1. The van der Waals surface area contributed by atoms with Crippen molar-refractivity contribution in [3.05, 3.63) is 30.3 Å². The fourth-order valence-corrected chi connectivity index (χ4v) is 2.02. The van der Waals surface area contributed by atoms with E-state index in [0.29, 0.717) is 6.61 Å². The summed E-state index contributed by atoms with van der Waals surface area (Å²) in [6.07, 6.45) is 0.496. The maximum atomic E-state index is 9.83. The number of aliphatic hydroxyl groups is 1. The Bertz CT molecular complexity index is 302. The molecule has 2 unspecified atom stereocenters. The molecule has 1 aromatic rings. The number of likely N-dealkylation sites (N-methyl/N-ethyl adjacent to an activating group) is 1. The van der Waals surface area contributed by atoms with Gasteiger partial charge in [0.1, 0.15) is 0 Å². The maximum absolute atomic E-state index is 9.83. The molecule has 1 fully saturated rings. The summed E-state index contributed by atoms with van der Waals surface area (Å²) in [7, 11) is 2.02. The molecule has 3 nitrogen and oxygen atoms in total. The summed E-state index contributed by atoms with van der Waals surface area (Å²) in [6, 6.07) is 10.3. The van der Waals surface area contributed by atoms with Crippen LogP contribution in [-0.4, -0.2) is 37.5 Å². The van der Waals surface area contributed by atoms with Crippen LogP contribution in [0.3, 0.4) is 0 Å². The van der Waals surface area contributed by atoms with Crippen LogP contribution in [0, 0.1) is 0 Å². The number of nitrogens with zero attached hydrogens (tertiary/aromatic N) is 1. The molecule has 0 aromatic heterocycles. The van der Waals surface area contributed by atoms with Gasteiger partial charge in [-0.3, -0.25) is 0 Å². The summed E-state index contributed by atoms with van der Waals surface area (Å²) in [5.74, 6) is 0.